The molecule has 0 radical (unpaired) electrons. The molecule has 1 aliphatic heterocycles. The molecular formula is C15H22N2O2. The molecule has 1 atom stereocenters. The van der Waals surface area contributed by atoms with Crippen molar-refractivity contribution in [1.29, 1.82) is 0 Å². The van der Waals surface area contributed by atoms with E-state index in [4.69, 9.17) is 0 Å². The zero-order valence-electron chi connectivity index (χ0n) is 11.8. The quantitative estimate of drug-likeness (QED) is 0.733. The fourth-order valence-corrected chi connectivity index (χ4v) is 2.76. The molecule has 2 rings (SSSR count). The van der Waals surface area contributed by atoms with Crippen LogP contribution in [0.2, 0.25) is 0 Å². The molecule has 1 fully saturated rings. The van der Waals surface area contributed by atoms with Crippen molar-refractivity contribution < 1.29 is 9.90 Å². The van der Waals surface area contributed by atoms with Gasteiger partial charge in [0.25, 0.3) is 0 Å². The second-order valence-electron chi connectivity index (χ2n) is 5.40. The molecule has 1 saturated heterocycles. The predicted molar refractivity (Wildman–Crippen MR) is 76.5 cm³/mol. The Morgan fingerprint density at radius 3 is 2.79 bits per heavy atom. The number of phenolic OH excluding ortho intramolecular Hbond substituents is 1. The van der Waals surface area contributed by atoms with E-state index in [2.05, 4.69) is 10.6 Å². The van der Waals surface area contributed by atoms with E-state index in [1.54, 1.807) is 6.07 Å². The van der Waals surface area contributed by atoms with Gasteiger partial charge in [-0.15, -0.1) is 0 Å². The number of hydrogen-bond donors (Lipinski definition) is 3. The van der Waals surface area contributed by atoms with E-state index in [1.807, 2.05) is 26.8 Å². The normalized spacial score (nSPS) is 22.5. The van der Waals surface area contributed by atoms with E-state index in [0.717, 1.165) is 36.9 Å². The first-order valence-corrected chi connectivity index (χ1v) is 6.85. The summed E-state index contributed by atoms with van der Waals surface area (Å²) in [6.07, 6.45) is 2.62. The third kappa shape index (κ3) is 2.59. The number of carbonyl (C=O) groups is 1. The highest BCUT2D eigenvalue weighted by atomic mass is 16.3. The second kappa shape index (κ2) is 5.21. The van der Waals surface area contributed by atoms with E-state index >= 15 is 0 Å². The summed E-state index contributed by atoms with van der Waals surface area (Å²) >= 11 is 0. The molecule has 0 aromatic heterocycles. The zero-order valence-corrected chi connectivity index (χ0v) is 11.8. The lowest BCUT2D eigenvalue weighted by Gasteiger charge is -2.27. The molecule has 1 aromatic carbocycles. The second-order valence-corrected chi connectivity index (χ2v) is 5.40. The van der Waals surface area contributed by atoms with Gasteiger partial charge in [0.1, 0.15) is 5.75 Å². The highest BCUT2D eigenvalue weighted by Gasteiger charge is 2.39. The summed E-state index contributed by atoms with van der Waals surface area (Å²) in [6.45, 7) is 6.67. The van der Waals surface area contributed by atoms with Gasteiger partial charge in [-0.05, 0) is 56.8 Å². The van der Waals surface area contributed by atoms with Crippen molar-refractivity contribution in [2.24, 2.45) is 0 Å². The van der Waals surface area contributed by atoms with Crippen LogP contribution in [0, 0.1) is 13.8 Å². The zero-order chi connectivity index (χ0) is 14.0. The molecule has 1 unspecified atom stereocenters. The lowest BCUT2D eigenvalue weighted by atomic mass is 9.93. The maximum atomic E-state index is 12.5. The molecule has 104 valence electrons. The monoisotopic (exact) mass is 262 g/mol. The minimum Gasteiger partial charge on any atom is -0.505 e. The van der Waals surface area contributed by atoms with Crippen LogP contribution in [0.4, 0.5) is 5.69 Å². The summed E-state index contributed by atoms with van der Waals surface area (Å²) in [5.41, 5.74) is 1.82. The smallest absolute Gasteiger partial charge is 0.244 e. The van der Waals surface area contributed by atoms with E-state index in [-0.39, 0.29) is 11.7 Å². The molecule has 0 bridgehead atoms. The molecule has 1 aliphatic rings. The van der Waals surface area contributed by atoms with Crippen molar-refractivity contribution in [1.82, 2.24) is 5.32 Å². The van der Waals surface area contributed by atoms with Crippen LogP contribution in [0.1, 0.15) is 37.3 Å². The number of anilines is 1. The third-order valence-electron chi connectivity index (χ3n) is 3.97. The summed E-state index contributed by atoms with van der Waals surface area (Å²) in [4.78, 5) is 12.5. The molecule has 0 spiro atoms. The van der Waals surface area contributed by atoms with Crippen molar-refractivity contribution >= 4 is 11.6 Å². The number of aryl methyl sites for hydroxylation is 2. The Balaban J connectivity index is 2.24. The van der Waals surface area contributed by atoms with Crippen molar-refractivity contribution in [3.05, 3.63) is 23.3 Å². The number of rotatable bonds is 3. The molecule has 4 nitrogen and oxygen atoms in total. The van der Waals surface area contributed by atoms with Gasteiger partial charge in [-0.25, -0.2) is 0 Å². The van der Waals surface area contributed by atoms with Crippen molar-refractivity contribution in [2.75, 3.05) is 11.9 Å². The number of phenols is 1. The summed E-state index contributed by atoms with van der Waals surface area (Å²) in [7, 11) is 0. The van der Waals surface area contributed by atoms with Crippen LogP contribution >= 0.6 is 0 Å². The lowest BCUT2D eigenvalue weighted by molar-refractivity contribution is -0.122. The van der Waals surface area contributed by atoms with E-state index in [0.29, 0.717) is 5.69 Å². The first-order chi connectivity index (χ1) is 8.98. The molecule has 4 heteroatoms. The maximum absolute atomic E-state index is 12.5. The minimum atomic E-state index is -0.482. The highest BCUT2D eigenvalue weighted by molar-refractivity contribution is 5.99. The van der Waals surface area contributed by atoms with Crippen LogP contribution in [0.15, 0.2) is 12.1 Å². The number of nitrogens with one attached hydrogen (secondary N) is 2. The topological polar surface area (TPSA) is 61.4 Å². The molecule has 0 saturated carbocycles. The molecule has 1 amide bonds. The van der Waals surface area contributed by atoms with E-state index in [9.17, 15) is 9.90 Å². The number of carbonyl (C=O) groups excluding carboxylic acids is 1. The highest BCUT2D eigenvalue weighted by Crippen LogP contribution is 2.31. The van der Waals surface area contributed by atoms with Crippen LogP contribution in [0.5, 0.6) is 5.75 Å². The van der Waals surface area contributed by atoms with Gasteiger partial charge in [-0.3, -0.25) is 4.79 Å². The summed E-state index contributed by atoms with van der Waals surface area (Å²) < 4.78 is 0. The molecule has 0 aliphatic carbocycles. The third-order valence-corrected chi connectivity index (χ3v) is 3.97. The Morgan fingerprint density at radius 2 is 2.21 bits per heavy atom. The van der Waals surface area contributed by atoms with Gasteiger partial charge in [0.2, 0.25) is 5.91 Å². The van der Waals surface area contributed by atoms with Gasteiger partial charge in [0.05, 0.1) is 11.2 Å². The first-order valence-electron chi connectivity index (χ1n) is 6.85. The van der Waals surface area contributed by atoms with E-state index in [1.165, 1.54) is 0 Å². The number of hydrogen-bond acceptors (Lipinski definition) is 3. The molecule has 1 aromatic rings. The molecular weight excluding hydrogens is 240 g/mol. The Morgan fingerprint density at radius 1 is 1.47 bits per heavy atom. The fraction of sp³-hybridized carbons (Fsp3) is 0.533. The van der Waals surface area contributed by atoms with Crippen LogP contribution in [0.25, 0.3) is 0 Å². The van der Waals surface area contributed by atoms with Gasteiger partial charge in [-0.2, -0.15) is 0 Å². The van der Waals surface area contributed by atoms with Crippen molar-refractivity contribution in [2.45, 2.75) is 45.6 Å². The number of aromatic hydroxyl groups is 1. The average Bonchev–Trinajstić information content (AvgIpc) is 2.85. The summed E-state index contributed by atoms with van der Waals surface area (Å²) in [6, 6.07) is 3.70. The first kappa shape index (κ1) is 13.9. The Kier molecular flexibility index (Phi) is 3.80. The summed E-state index contributed by atoms with van der Waals surface area (Å²) in [5.74, 6) is 0.107. The van der Waals surface area contributed by atoms with Gasteiger partial charge in [-0.1, -0.05) is 13.0 Å². The fourth-order valence-electron chi connectivity index (χ4n) is 2.76. The van der Waals surface area contributed by atoms with Crippen LogP contribution in [0.3, 0.4) is 0 Å². The standard InChI is InChI=1S/C15H22N2O2/c1-4-15(6-5-7-16-15)14(19)17-12-9-10(2)8-11(3)13(12)18/h8-9,16,18H,4-7H2,1-3H3,(H,17,19). The van der Waals surface area contributed by atoms with Crippen molar-refractivity contribution in [3.63, 3.8) is 0 Å². The minimum absolute atomic E-state index is 0.0483. The molecule has 19 heavy (non-hydrogen) atoms. The molecule has 1 heterocycles. The van der Waals surface area contributed by atoms with Crippen LogP contribution in [-0.2, 0) is 4.79 Å². The lowest BCUT2D eigenvalue weighted by Crippen LogP contribution is -2.50. The average molecular weight is 262 g/mol. The predicted octanol–water partition coefficient (Wildman–Crippen LogP) is 2.48. The molecule has 3 N–H and O–H groups in total. The number of benzene rings is 1. The summed E-state index contributed by atoms with van der Waals surface area (Å²) in [5, 5.41) is 16.2. The van der Waals surface area contributed by atoms with Gasteiger partial charge in [0, 0.05) is 0 Å². The van der Waals surface area contributed by atoms with Gasteiger partial charge in [0.15, 0.2) is 0 Å². The Bertz CT molecular complexity index is 491. The number of amides is 1. The van der Waals surface area contributed by atoms with Gasteiger partial charge >= 0.3 is 0 Å². The SMILES string of the molecule is CCC1(C(=O)Nc2cc(C)cc(C)c2O)CCCN1. The Hall–Kier alpha value is -1.55. The maximum Gasteiger partial charge on any atom is 0.244 e. The Labute approximate surface area is 114 Å². The van der Waals surface area contributed by atoms with Gasteiger partial charge < -0.3 is 15.7 Å². The van der Waals surface area contributed by atoms with Crippen molar-refractivity contribution in [3.8, 4) is 5.75 Å². The van der Waals surface area contributed by atoms with Crippen LogP contribution < -0.4 is 10.6 Å². The van der Waals surface area contributed by atoms with E-state index < -0.39 is 5.54 Å². The van der Waals surface area contributed by atoms with Crippen LogP contribution in [-0.4, -0.2) is 23.1 Å². The largest absolute Gasteiger partial charge is 0.505 e.